The Balaban J connectivity index is 1.74. The van der Waals surface area contributed by atoms with Crippen LogP contribution in [-0.4, -0.2) is 35.8 Å². The number of nitrogens with zero attached hydrogens (tertiary/aromatic N) is 1. The van der Waals surface area contributed by atoms with E-state index in [0.717, 1.165) is 12.0 Å². The first-order valence-electron chi connectivity index (χ1n) is 7.66. The van der Waals surface area contributed by atoms with Gasteiger partial charge in [-0.3, -0.25) is 9.59 Å². The van der Waals surface area contributed by atoms with Gasteiger partial charge in [-0.15, -0.1) is 11.3 Å². The molecule has 0 radical (unpaired) electrons. The fourth-order valence-corrected chi connectivity index (χ4v) is 3.72. The maximum absolute atomic E-state index is 13.2. The van der Waals surface area contributed by atoms with Crippen molar-refractivity contribution < 1.29 is 14.0 Å². The molecule has 0 saturated carbocycles. The Morgan fingerprint density at radius 2 is 2.17 bits per heavy atom. The second kappa shape index (κ2) is 6.70. The first kappa shape index (κ1) is 16.6. The van der Waals surface area contributed by atoms with Crippen molar-refractivity contribution in [1.29, 1.82) is 0 Å². The van der Waals surface area contributed by atoms with Crippen molar-refractivity contribution in [3.8, 4) is 0 Å². The summed E-state index contributed by atoms with van der Waals surface area (Å²) in [7, 11) is 0. The van der Waals surface area contributed by atoms with E-state index in [1.807, 2.05) is 6.92 Å². The highest BCUT2D eigenvalue weighted by atomic mass is 32.1. The number of carbonyl (C=O) groups excluding carboxylic acids is 2. The van der Waals surface area contributed by atoms with E-state index in [2.05, 4.69) is 5.32 Å². The number of likely N-dealkylation sites (tertiary alicyclic amines) is 1. The minimum Gasteiger partial charge on any atom is -0.336 e. The lowest BCUT2D eigenvalue weighted by molar-refractivity contribution is 0.0794. The van der Waals surface area contributed by atoms with Crippen LogP contribution in [0.25, 0.3) is 0 Å². The minimum atomic E-state index is -0.466. The van der Waals surface area contributed by atoms with E-state index in [9.17, 15) is 14.0 Å². The molecule has 24 heavy (non-hydrogen) atoms. The fraction of sp³-hybridized carbons (Fsp3) is 0.294. The van der Waals surface area contributed by atoms with Gasteiger partial charge in [0.1, 0.15) is 5.82 Å². The Morgan fingerprint density at radius 1 is 1.38 bits per heavy atom. The van der Waals surface area contributed by atoms with Gasteiger partial charge in [0, 0.05) is 24.7 Å². The normalized spacial score (nSPS) is 17.1. The SMILES string of the molecule is Cc1cc(NC(=O)c2cccc(F)c2)sc1C(=O)N1CC[C@@H](N)C1. The van der Waals surface area contributed by atoms with E-state index in [-0.39, 0.29) is 17.5 Å². The molecule has 0 unspecified atom stereocenters. The van der Waals surface area contributed by atoms with Gasteiger partial charge in [-0.1, -0.05) is 6.07 Å². The molecule has 1 aliphatic rings. The van der Waals surface area contributed by atoms with Gasteiger partial charge in [0.25, 0.3) is 11.8 Å². The monoisotopic (exact) mass is 347 g/mol. The number of benzene rings is 1. The molecule has 0 spiro atoms. The first-order chi connectivity index (χ1) is 11.4. The summed E-state index contributed by atoms with van der Waals surface area (Å²) in [6, 6.07) is 7.26. The quantitative estimate of drug-likeness (QED) is 0.896. The highest BCUT2D eigenvalue weighted by Gasteiger charge is 2.27. The largest absolute Gasteiger partial charge is 0.336 e. The van der Waals surface area contributed by atoms with E-state index < -0.39 is 11.7 Å². The molecule has 2 amide bonds. The first-order valence-corrected chi connectivity index (χ1v) is 8.48. The van der Waals surface area contributed by atoms with Gasteiger partial charge >= 0.3 is 0 Å². The number of hydrogen-bond acceptors (Lipinski definition) is 4. The lowest BCUT2D eigenvalue weighted by Gasteiger charge is -2.14. The second-order valence-corrected chi connectivity index (χ2v) is 6.94. The predicted octanol–water partition coefficient (Wildman–Crippen LogP) is 2.62. The van der Waals surface area contributed by atoms with Crippen LogP contribution < -0.4 is 11.1 Å². The summed E-state index contributed by atoms with van der Waals surface area (Å²) < 4.78 is 13.2. The van der Waals surface area contributed by atoms with E-state index in [1.54, 1.807) is 11.0 Å². The zero-order valence-corrected chi connectivity index (χ0v) is 14.0. The van der Waals surface area contributed by atoms with Crippen molar-refractivity contribution in [2.45, 2.75) is 19.4 Å². The fourth-order valence-electron chi connectivity index (χ4n) is 2.69. The van der Waals surface area contributed by atoms with Crippen molar-refractivity contribution in [3.05, 3.63) is 52.2 Å². The number of anilines is 1. The summed E-state index contributed by atoms with van der Waals surface area (Å²) in [5.41, 5.74) is 6.89. The van der Waals surface area contributed by atoms with Crippen molar-refractivity contribution in [2.24, 2.45) is 5.73 Å². The van der Waals surface area contributed by atoms with Crippen molar-refractivity contribution >= 4 is 28.2 Å². The smallest absolute Gasteiger partial charge is 0.264 e. The maximum Gasteiger partial charge on any atom is 0.264 e. The Labute approximate surface area is 143 Å². The third-order valence-corrected chi connectivity index (χ3v) is 5.09. The summed E-state index contributed by atoms with van der Waals surface area (Å²) >= 11 is 1.23. The van der Waals surface area contributed by atoms with E-state index in [1.165, 1.54) is 35.6 Å². The highest BCUT2D eigenvalue weighted by Crippen LogP contribution is 2.29. The summed E-state index contributed by atoms with van der Waals surface area (Å²) in [4.78, 5) is 27.1. The van der Waals surface area contributed by atoms with E-state index in [0.29, 0.717) is 23.0 Å². The van der Waals surface area contributed by atoms with Crippen molar-refractivity contribution in [1.82, 2.24) is 4.90 Å². The molecule has 5 nitrogen and oxygen atoms in total. The molecule has 1 saturated heterocycles. The van der Waals surface area contributed by atoms with Crippen LogP contribution in [0.3, 0.4) is 0 Å². The molecule has 0 aliphatic carbocycles. The molecular weight excluding hydrogens is 329 g/mol. The Kier molecular flexibility index (Phi) is 4.64. The number of carbonyl (C=O) groups is 2. The van der Waals surface area contributed by atoms with E-state index in [4.69, 9.17) is 5.73 Å². The molecule has 7 heteroatoms. The number of halogens is 1. The number of hydrogen-bond donors (Lipinski definition) is 2. The van der Waals surface area contributed by atoms with Gasteiger partial charge < -0.3 is 16.0 Å². The number of rotatable bonds is 3. The van der Waals surface area contributed by atoms with Crippen LogP contribution in [0.5, 0.6) is 0 Å². The number of thiophene rings is 1. The van der Waals surface area contributed by atoms with Crippen LogP contribution >= 0.6 is 11.3 Å². The van der Waals surface area contributed by atoms with Gasteiger partial charge in [0.2, 0.25) is 0 Å². The highest BCUT2D eigenvalue weighted by molar-refractivity contribution is 7.18. The van der Waals surface area contributed by atoms with Crippen LogP contribution in [0.1, 0.15) is 32.0 Å². The van der Waals surface area contributed by atoms with Gasteiger partial charge in [-0.25, -0.2) is 4.39 Å². The summed E-state index contributed by atoms with van der Waals surface area (Å²) in [6.07, 6.45) is 0.805. The summed E-state index contributed by atoms with van der Waals surface area (Å²) in [5.74, 6) is -0.930. The maximum atomic E-state index is 13.2. The van der Waals surface area contributed by atoms with Gasteiger partial charge in [-0.05, 0) is 43.2 Å². The minimum absolute atomic E-state index is 0.0290. The number of amides is 2. The molecule has 3 N–H and O–H groups in total. The third kappa shape index (κ3) is 3.47. The predicted molar refractivity (Wildman–Crippen MR) is 91.9 cm³/mol. The van der Waals surface area contributed by atoms with Crippen LogP contribution in [-0.2, 0) is 0 Å². The molecule has 2 heterocycles. The average Bonchev–Trinajstić information content (AvgIpc) is 3.12. The second-order valence-electron chi connectivity index (χ2n) is 5.89. The molecule has 1 atom stereocenters. The van der Waals surface area contributed by atoms with Gasteiger partial charge in [0.15, 0.2) is 0 Å². The molecule has 3 rings (SSSR count). The topological polar surface area (TPSA) is 75.4 Å². The van der Waals surface area contributed by atoms with Crippen molar-refractivity contribution in [3.63, 3.8) is 0 Å². The molecule has 1 aromatic carbocycles. The van der Waals surface area contributed by atoms with Crippen LogP contribution in [0.15, 0.2) is 30.3 Å². The number of nitrogens with one attached hydrogen (secondary N) is 1. The Morgan fingerprint density at radius 3 is 2.83 bits per heavy atom. The van der Waals surface area contributed by atoms with Crippen molar-refractivity contribution in [2.75, 3.05) is 18.4 Å². The molecular formula is C17H18FN3O2S. The number of aryl methyl sites for hydroxylation is 1. The van der Waals surface area contributed by atoms with Gasteiger partial charge in [0.05, 0.1) is 9.88 Å². The van der Waals surface area contributed by atoms with E-state index >= 15 is 0 Å². The number of nitrogens with two attached hydrogens (primary N) is 1. The van der Waals surface area contributed by atoms with Crippen LogP contribution in [0.4, 0.5) is 9.39 Å². The van der Waals surface area contributed by atoms with Crippen LogP contribution in [0, 0.1) is 12.7 Å². The van der Waals surface area contributed by atoms with Crippen LogP contribution in [0.2, 0.25) is 0 Å². The third-order valence-electron chi connectivity index (χ3n) is 3.95. The molecule has 0 bridgehead atoms. The molecule has 2 aromatic rings. The Hall–Kier alpha value is -2.25. The molecule has 126 valence electrons. The molecule has 1 aliphatic heterocycles. The molecule has 1 fully saturated rings. The van der Waals surface area contributed by atoms with Gasteiger partial charge in [-0.2, -0.15) is 0 Å². The summed E-state index contributed by atoms with van der Waals surface area (Å²) in [6.45, 7) is 3.04. The zero-order chi connectivity index (χ0) is 17.3. The average molecular weight is 347 g/mol. The lowest BCUT2D eigenvalue weighted by atomic mass is 10.2. The lowest BCUT2D eigenvalue weighted by Crippen LogP contribution is -2.31. The summed E-state index contributed by atoms with van der Waals surface area (Å²) in [5, 5.41) is 3.28. The standard InChI is InChI=1S/C17H18FN3O2S/c1-10-7-14(20-16(22)11-3-2-4-12(18)8-11)24-15(10)17(23)21-6-5-13(19)9-21/h2-4,7-8,13H,5-6,9,19H2,1H3,(H,20,22)/t13-/m1/s1. The zero-order valence-electron chi connectivity index (χ0n) is 13.2. The molecule has 1 aromatic heterocycles. The Bertz CT molecular complexity index is 790.